The van der Waals surface area contributed by atoms with E-state index in [4.69, 9.17) is 9.47 Å². The van der Waals surface area contributed by atoms with Gasteiger partial charge in [-0.1, -0.05) is 12.1 Å². The van der Waals surface area contributed by atoms with Crippen molar-refractivity contribution in [2.24, 2.45) is 0 Å². The highest BCUT2D eigenvalue weighted by atomic mass is 16.6. The maximum Gasteiger partial charge on any atom is 0.331 e. The predicted octanol–water partition coefficient (Wildman–Crippen LogP) is -0.506. The average molecular weight is 425 g/mol. The summed E-state index contributed by atoms with van der Waals surface area (Å²) in [6.07, 6.45) is 0.650. The lowest BCUT2D eigenvalue weighted by Crippen LogP contribution is -2.49. The third kappa shape index (κ3) is 4.00. The fraction of sp³-hybridized carbons (Fsp3) is 0.350. The van der Waals surface area contributed by atoms with Crippen molar-refractivity contribution in [3.05, 3.63) is 56.4 Å². The molecule has 11 heteroatoms. The van der Waals surface area contributed by atoms with Gasteiger partial charge in [0, 0.05) is 12.2 Å². The van der Waals surface area contributed by atoms with Crippen LogP contribution in [0.15, 0.2) is 33.9 Å². The van der Waals surface area contributed by atoms with Crippen LogP contribution in [0, 0.1) is 11.3 Å². The van der Waals surface area contributed by atoms with Gasteiger partial charge in [0.05, 0.1) is 6.54 Å². The molecule has 0 spiro atoms. The molecule has 4 rings (SSSR count). The van der Waals surface area contributed by atoms with Crippen molar-refractivity contribution in [3.63, 3.8) is 0 Å². The van der Waals surface area contributed by atoms with E-state index in [0.717, 1.165) is 0 Å². The minimum atomic E-state index is -0.856. The Labute approximate surface area is 175 Å². The van der Waals surface area contributed by atoms with Crippen molar-refractivity contribution in [1.29, 1.82) is 5.26 Å². The summed E-state index contributed by atoms with van der Waals surface area (Å²) in [4.78, 5) is 49.2. The summed E-state index contributed by atoms with van der Waals surface area (Å²) in [6, 6.07) is 8.13. The molecule has 3 heterocycles. The number of fused-ring (bicyclic) bond motifs is 2. The van der Waals surface area contributed by atoms with Crippen LogP contribution in [0.5, 0.6) is 11.5 Å². The van der Waals surface area contributed by atoms with Gasteiger partial charge in [0.15, 0.2) is 17.6 Å². The highest BCUT2D eigenvalue weighted by molar-refractivity contribution is 5.94. The standard InChI is InChI=1S/C20H19N5O6/c21-8-13-14-4-3-7-24(14)20(29)25(18(13)27)10-17(26)23-19(28)22-9-12-11-30-15-5-1-2-6-16(15)31-12/h1-2,5-6,12H,3-4,7,9-11H2,(H2,22,23,26,28)/t12-/m0/s1. The number of amides is 3. The molecule has 0 radical (unpaired) electrons. The Hall–Kier alpha value is -4.07. The van der Waals surface area contributed by atoms with Crippen LogP contribution in [-0.2, 0) is 24.3 Å². The molecule has 0 saturated carbocycles. The summed E-state index contributed by atoms with van der Waals surface area (Å²) >= 11 is 0. The first-order chi connectivity index (χ1) is 15.0. The topological polar surface area (TPSA) is 144 Å². The maximum atomic E-state index is 12.5. The Kier molecular flexibility index (Phi) is 5.44. The van der Waals surface area contributed by atoms with Crippen molar-refractivity contribution in [2.45, 2.75) is 32.0 Å². The number of aromatic nitrogens is 2. The van der Waals surface area contributed by atoms with Gasteiger partial charge in [0.25, 0.3) is 5.56 Å². The lowest BCUT2D eigenvalue weighted by Gasteiger charge is -2.26. The van der Waals surface area contributed by atoms with Crippen LogP contribution in [0.4, 0.5) is 4.79 Å². The molecule has 3 amide bonds. The molecule has 0 fully saturated rings. The Bertz CT molecular complexity index is 1210. The molecule has 1 aromatic carbocycles. The van der Waals surface area contributed by atoms with Gasteiger partial charge in [-0.15, -0.1) is 0 Å². The summed E-state index contributed by atoms with van der Waals surface area (Å²) in [5, 5.41) is 13.8. The number of nitrogens with zero attached hydrogens (tertiary/aromatic N) is 3. The zero-order chi connectivity index (χ0) is 22.0. The first kappa shape index (κ1) is 20.2. The first-order valence-electron chi connectivity index (χ1n) is 9.70. The van der Waals surface area contributed by atoms with E-state index in [1.54, 1.807) is 18.2 Å². The van der Waals surface area contributed by atoms with E-state index in [-0.39, 0.29) is 18.7 Å². The molecule has 1 aromatic heterocycles. The molecular weight excluding hydrogens is 406 g/mol. The molecule has 2 N–H and O–H groups in total. The van der Waals surface area contributed by atoms with Crippen LogP contribution in [0.25, 0.3) is 0 Å². The van der Waals surface area contributed by atoms with E-state index in [9.17, 15) is 24.4 Å². The number of nitrogens with one attached hydrogen (secondary N) is 2. The van der Waals surface area contributed by atoms with Gasteiger partial charge in [-0.25, -0.2) is 14.2 Å². The van der Waals surface area contributed by atoms with Gasteiger partial charge >= 0.3 is 11.7 Å². The number of carbonyl (C=O) groups is 2. The van der Waals surface area contributed by atoms with Gasteiger partial charge in [0.2, 0.25) is 5.91 Å². The Morgan fingerprint density at radius 2 is 2.00 bits per heavy atom. The maximum absolute atomic E-state index is 12.5. The normalized spacial score (nSPS) is 16.2. The van der Waals surface area contributed by atoms with Gasteiger partial charge in [0.1, 0.15) is 24.8 Å². The molecule has 0 unspecified atom stereocenters. The predicted molar refractivity (Wildman–Crippen MR) is 106 cm³/mol. The summed E-state index contributed by atoms with van der Waals surface area (Å²) in [5.74, 6) is 0.313. The molecule has 160 valence electrons. The number of hydrogen-bond acceptors (Lipinski definition) is 7. The fourth-order valence-corrected chi connectivity index (χ4v) is 3.61. The second-order valence-electron chi connectivity index (χ2n) is 7.12. The fourth-order valence-electron chi connectivity index (χ4n) is 3.61. The number of imide groups is 1. The molecule has 2 aromatic rings. The molecule has 0 bridgehead atoms. The third-order valence-corrected chi connectivity index (χ3v) is 5.05. The Morgan fingerprint density at radius 3 is 2.77 bits per heavy atom. The van der Waals surface area contributed by atoms with Crippen LogP contribution in [0.3, 0.4) is 0 Å². The summed E-state index contributed by atoms with van der Waals surface area (Å²) in [7, 11) is 0. The second-order valence-corrected chi connectivity index (χ2v) is 7.12. The van der Waals surface area contributed by atoms with Crippen molar-refractivity contribution in [1.82, 2.24) is 19.8 Å². The number of nitriles is 1. The second kappa shape index (κ2) is 8.35. The highest BCUT2D eigenvalue weighted by Gasteiger charge is 2.24. The van der Waals surface area contributed by atoms with Crippen molar-refractivity contribution < 1.29 is 19.1 Å². The Morgan fingerprint density at radius 1 is 1.23 bits per heavy atom. The van der Waals surface area contributed by atoms with Crippen molar-refractivity contribution >= 4 is 11.9 Å². The smallest absolute Gasteiger partial charge is 0.331 e. The number of rotatable bonds is 4. The zero-order valence-electron chi connectivity index (χ0n) is 16.4. The van der Waals surface area contributed by atoms with E-state index >= 15 is 0 Å². The summed E-state index contributed by atoms with van der Waals surface area (Å²) < 4.78 is 13.3. The first-order valence-corrected chi connectivity index (χ1v) is 9.70. The van der Waals surface area contributed by atoms with Gasteiger partial charge < -0.3 is 14.8 Å². The lowest BCUT2D eigenvalue weighted by atomic mass is 10.2. The molecule has 31 heavy (non-hydrogen) atoms. The lowest BCUT2D eigenvalue weighted by molar-refractivity contribution is -0.120. The quantitative estimate of drug-likeness (QED) is 0.671. The van der Waals surface area contributed by atoms with E-state index < -0.39 is 35.8 Å². The minimum absolute atomic E-state index is 0.0769. The Balaban J connectivity index is 1.36. The van der Waals surface area contributed by atoms with E-state index in [1.807, 2.05) is 12.1 Å². The number of benzene rings is 1. The number of hydrogen-bond donors (Lipinski definition) is 2. The molecule has 2 aliphatic rings. The zero-order valence-corrected chi connectivity index (χ0v) is 16.4. The summed E-state index contributed by atoms with van der Waals surface area (Å²) in [5.41, 5.74) is -1.26. The largest absolute Gasteiger partial charge is 0.486 e. The molecule has 0 saturated heterocycles. The third-order valence-electron chi connectivity index (χ3n) is 5.05. The van der Waals surface area contributed by atoms with Crippen molar-refractivity contribution in [2.75, 3.05) is 13.2 Å². The van der Waals surface area contributed by atoms with Crippen LogP contribution < -0.4 is 31.4 Å². The monoisotopic (exact) mass is 425 g/mol. The minimum Gasteiger partial charge on any atom is -0.486 e. The molecular formula is C20H19N5O6. The molecule has 11 nitrogen and oxygen atoms in total. The number of carbonyl (C=O) groups excluding carboxylic acids is 2. The van der Waals surface area contributed by atoms with Gasteiger partial charge in [-0.05, 0) is 25.0 Å². The number of urea groups is 1. The number of para-hydroxylation sites is 2. The van der Waals surface area contributed by atoms with E-state index in [0.29, 0.717) is 41.1 Å². The highest BCUT2D eigenvalue weighted by Crippen LogP contribution is 2.30. The number of ether oxygens (including phenoxy) is 2. The van der Waals surface area contributed by atoms with Gasteiger partial charge in [-0.3, -0.25) is 19.5 Å². The van der Waals surface area contributed by atoms with Crippen LogP contribution in [-0.4, -0.2) is 40.3 Å². The molecule has 2 aliphatic heterocycles. The average Bonchev–Trinajstić information content (AvgIpc) is 3.25. The van der Waals surface area contributed by atoms with Crippen molar-refractivity contribution in [3.8, 4) is 17.6 Å². The molecule has 0 aliphatic carbocycles. The van der Waals surface area contributed by atoms with Crippen LogP contribution in [0.2, 0.25) is 0 Å². The molecule has 1 atom stereocenters. The van der Waals surface area contributed by atoms with Crippen LogP contribution in [0.1, 0.15) is 17.7 Å². The van der Waals surface area contributed by atoms with E-state index in [2.05, 4.69) is 10.6 Å². The van der Waals surface area contributed by atoms with Crippen LogP contribution >= 0.6 is 0 Å². The summed E-state index contributed by atoms with van der Waals surface area (Å²) in [6.45, 7) is 0.00518. The SMILES string of the molecule is N#Cc1c2n(c(=O)n(CC(=O)NC(=O)NC[C@H]3COc4ccccc4O3)c1=O)CCC2. The van der Waals surface area contributed by atoms with Gasteiger partial charge in [-0.2, -0.15) is 5.26 Å². The van der Waals surface area contributed by atoms with E-state index in [1.165, 1.54) is 4.57 Å².